The molecule has 134 valence electrons. The molecule has 0 aliphatic carbocycles. The molecule has 2 aromatic heterocycles. The summed E-state index contributed by atoms with van der Waals surface area (Å²) in [5.74, 6) is 0.970. The Labute approximate surface area is 154 Å². The summed E-state index contributed by atoms with van der Waals surface area (Å²) in [5, 5.41) is 1.26. The number of hydrogen-bond donors (Lipinski definition) is 2. The van der Waals surface area contributed by atoms with E-state index in [0.29, 0.717) is 0 Å². The van der Waals surface area contributed by atoms with E-state index >= 15 is 0 Å². The molecular weight excluding hydrogens is 320 g/mol. The van der Waals surface area contributed by atoms with Crippen molar-refractivity contribution in [3.05, 3.63) is 64.6 Å². The van der Waals surface area contributed by atoms with E-state index in [1.165, 1.54) is 33.2 Å². The monoisotopic (exact) mass is 346 g/mol. The summed E-state index contributed by atoms with van der Waals surface area (Å²) >= 11 is 0. The largest absolute Gasteiger partial charge is 0.361 e. The lowest BCUT2D eigenvalue weighted by Gasteiger charge is -2.37. The third-order valence-corrected chi connectivity index (χ3v) is 5.72. The van der Waals surface area contributed by atoms with E-state index in [2.05, 4.69) is 87.0 Å². The van der Waals surface area contributed by atoms with Gasteiger partial charge in [-0.15, -0.1) is 0 Å². The van der Waals surface area contributed by atoms with Crippen molar-refractivity contribution in [2.24, 2.45) is 0 Å². The van der Waals surface area contributed by atoms with Gasteiger partial charge < -0.3 is 9.97 Å². The fourth-order valence-corrected chi connectivity index (χ4v) is 4.14. The Morgan fingerprint density at radius 2 is 1.77 bits per heavy atom. The Hall–Kier alpha value is -2.59. The van der Waals surface area contributed by atoms with Crippen molar-refractivity contribution in [1.29, 1.82) is 0 Å². The van der Waals surface area contributed by atoms with Crippen molar-refractivity contribution in [3.63, 3.8) is 0 Å². The van der Waals surface area contributed by atoms with Gasteiger partial charge in [-0.05, 0) is 82.2 Å². The SMILES string of the molecule is Cc1ccc2nc(C(C)(c3c(C)cc(C)c4[nH]ccc34)N(C)C)[nH]c2c1. The molecular formula is C22H26N4. The summed E-state index contributed by atoms with van der Waals surface area (Å²) in [5.41, 5.74) is 8.00. The van der Waals surface area contributed by atoms with Crippen LogP contribution in [0.2, 0.25) is 0 Å². The Morgan fingerprint density at radius 3 is 2.50 bits per heavy atom. The van der Waals surface area contributed by atoms with Crippen molar-refractivity contribution in [2.45, 2.75) is 33.2 Å². The van der Waals surface area contributed by atoms with E-state index in [-0.39, 0.29) is 5.54 Å². The highest BCUT2D eigenvalue weighted by Gasteiger charge is 2.37. The maximum absolute atomic E-state index is 4.97. The topological polar surface area (TPSA) is 47.7 Å². The fraction of sp³-hybridized carbons (Fsp3) is 0.318. The van der Waals surface area contributed by atoms with E-state index in [4.69, 9.17) is 4.98 Å². The molecule has 4 heteroatoms. The predicted molar refractivity (Wildman–Crippen MR) is 109 cm³/mol. The van der Waals surface area contributed by atoms with Crippen LogP contribution in [0.1, 0.15) is 35.0 Å². The van der Waals surface area contributed by atoms with Gasteiger partial charge in [0.2, 0.25) is 0 Å². The second kappa shape index (κ2) is 5.71. The molecule has 0 saturated heterocycles. The zero-order valence-corrected chi connectivity index (χ0v) is 16.4. The minimum Gasteiger partial charge on any atom is -0.361 e. The maximum Gasteiger partial charge on any atom is 0.132 e. The van der Waals surface area contributed by atoms with Crippen molar-refractivity contribution in [1.82, 2.24) is 19.9 Å². The van der Waals surface area contributed by atoms with Crippen LogP contribution >= 0.6 is 0 Å². The van der Waals surface area contributed by atoms with E-state index in [1.807, 2.05) is 6.20 Å². The average Bonchev–Trinajstić information content (AvgIpc) is 3.20. The molecule has 0 saturated carbocycles. The Balaban J connectivity index is 2.05. The molecule has 2 aromatic carbocycles. The number of aromatic nitrogens is 3. The first-order valence-electron chi connectivity index (χ1n) is 9.04. The molecule has 4 rings (SSSR count). The lowest BCUT2D eigenvalue weighted by molar-refractivity contribution is 0.213. The minimum absolute atomic E-state index is 0.370. The van der Waals surface area contributed by atoms with Crippen molar-refractivity contribution in [3.8, 4) is 0 Å². The van der Waals surface area contributed by atoms with E-state index < -0.39 is 0 Å². The van der Waals surface area contributed by atoms with Crippen molar-refractivity contribution in [2.75, 3.05) is 14.1 Å². The number of aryl methyl sites for hydroxylation is 3. The number of nitrogens with one attached hydrogen (secondary N) is 2. The second-order valence-corrected chi connectivity index (χ2v) is 7.72. The van der Waals surface area contributed by atoms with Gasteiger partial charge in [-0.2, -0.15) is 0 Å². The number of aromatic amines is 2. The number of H-pyrrole nitrogens is 2. The number of benzene rings is 2. The van der Waals surface area contributed by atoms with Crippen molar-refractivity contribution < 1.29 is 0 Å². The number of rotatable bonds is 3. The molecule has 0 amide bonds. The summed E-state index contributed by atoms with van der Waals surface area (Å²) in [6.45, 7) is 8.72. The second-order valence-electron chi connectivity index (χ2n) is 7.72. The Morgan fingerprint density at radius 1 is 1.00 bits per heavy atom. The van der Waals surface area contributed by atoms with Gasteiger partial charge in [-0.3, -0.25) is 4.90 Å². The van der Waals surface area contributed by atoms with Crippen LogP contribution in [0.15, 0.2) is 36.5 Å². The molecule has 0 fully saturated rings. The molecule has 2 N–H and O–H groups in total. The first-order chi connectivity index (χ1) is 12.3. The molecule has 0 aliphatic rings. The van der Waals surface area contributed by atoms with Gasteiger partial charge in [0.05, 0.1) is 11.0 Å². The van der Waals surface area contributed by atoms with Gasteiger partial charge in [-0.1, -0.05) is 12.1 Å². The van der Waals surface area contributed by atoms with Crippen LogP contribution in [-0.4, -0.2) is 33.9 Å². The van der Waals surface area contributed by atoms with Crippen LogP contribution in [0.5, 0.6) is 0 Å². The van der Waals surface area contributed by atoms with E-state index in [9.17, 15) is 0 Å². The molecule has 0 aliphatic heterocycles. The zero-order valence-electron chi connectivity index (χ0n) is 16.4. The highest BCUT2D eigenvalue weighted by molar-refractivity contribution is 5.88. The van der Waals surface area contributed by atoms with E-state index in [0.717, 1.165) is 16.9 Å². The average molecular weight is 346 g/mol. The molecule has 0 bridgehead atoms. The van der Waals surface area contributed by atoms with Gasteiger partial charge in [0, 0.05) is 17.1 Å². The first kappa shape index (κ1) is 16.9. The van der Waals surface area contributed by atoms with Crippen LogP contribution < -0.4 is 0 Å². The minimum atomic E-state index is -0.370. The summed E-state index contributed by atoms with van der Waals surface area (Å²) in [6.07, 6.45) is 2.03. The van der Waals surface area contributed by atoms with Gasteiger partial charge in [0.25, 0.3) is 0 Å². The van der Waals surface area contributed by atoms with Gasteiger partial charge >= 0.3 is 0 Å². The fourth-order valence-electron chi connectivity index (χ4n) is 4.14. The lowest BCUT2D eigenvalue weighted by Crippen LogP contribution is -2.41. The number of hydrogen-bond acceptors (Lipinski definition) is 2. The van der Waals surface area contributed by atoms with Crippen LogP contribution in [0.25, 0.3) is 21.9 Å². The van der Waals surface area contributed by atoms with Gasteiger partial charge in [-0.25, -0.2) is 4.98 Å². The molecule has 4 aromatic rings. The Bertz CT molecular complexity index is 1120. The van der Waals surface area contributed by atoms with Gasteiger partial charge in [0.1, 0.15) is 11.4 Å². The molecule has 4 nitrogen and oxygen atoms in total. The molecule has 1 atom stereocenters. The van der Waals surface area contributed by atoms with Crippen LogP contribution in [0.3, 0.4) is 0 Å². The highest BCUT2D eigenvalue weighted by atomic mass is 15.2. The quantitative estimate of drug-likeness (QED) is 0.560. The molecule has 2 heterocycles. The predicted octanol–water partition coefficient (Wildman–Crippen LogP) is 4.79. The van der Waals surface area contributed by atoms with Crippen LogP contribution in [0, 0.1) is 20.8 Å². The first-order valence-corrected chi connectivity index (χ1v) is 9.04. The molecule has 0 radical (unpaired) electrons. The smallest absolute Gasteiger partial charge is 0.132 e. The number of imidazole rings is 1. The molecule has 26 heavy (non-hydrogen) atoms. The summed E-state index contributed by atoms with van der Waals surface area (Å²) < 4.78 is 0. The Kier molecular flexibility index (Phi) is 3.70. The van der Waals surface area contributed by atoms with Crippen LogP contribution in [0.4, 0.5) is 0 Å². The number of nitrogens with zero attached hydrogens (tertiary/aromatic N) is 2. The standard InChI is InChI=1S/C22H26N4/c1-13-7-8-17-18(11-13)25-21(24-17)22(4,26(5)6)19-14(2)12-15(3)20-16(19)9-10-23-20/h7-12,23H,1-6H3,(H,24,25). The normalized spacial score (nSPS) is 14.4. The molecule has 0 spiro atoms. The van der Waals surface area contributed by atoms with Crippen LogP contribution in [-0.2, 0) is 5.54 Å². The summed E-state index contributed by atoms with van der Waals surface area (Å²) in [4.78, 5) is 14.2. The zero-order chi connectivity index (χ0) is 18.6. The maximum atomic E-state index is 4.97. The third kappa shape index (κ3) is 2.29. The third-order valence-electron chi connectivity index (χ3n) is 5.72. The number of fused-ring (bicyclic) bond motifs is 2. The lowest BCUT2D eigenvalue weighted by atomic mass is 9.83. The molecule has 1 unspecified atom stereocenters. The summed E-state index contributed by atoms with van der Waals surface area (Å²) in [6, 6.07) is 10.8. The van der Waals surface area contributed by atoms with Gasteiger partial charge in [0.15, 0.2) is 0 Å². The van der Waals surface area contributed by atoms with Crippen molar-refractivity contribution >= 4 is 21.9 Å². The highest BCUT2D eigenvalue weighted by Crippen LogP contribution is 2.40. The summed E-state index contributed by atoms with van der Waals surface area (Å²) in [7, 11) is 4.24. The van der Waals surface area contributed by atoms with E-state index in [1.54, 1.807) is 0 Å².